The van der Waals surface area contributed by atoms with Crippen LogP contribution >= 0.6 is 0 Å². The first-order valence-electron chi connectivity index (χ1n) is 12.7. The Kier molecular flexibility index (Phi) is 9.41. The molecule has 3 aromatic rings. The molecule has 0 spiro atoms. The summed E-state index contributed by atoms with van der Waals surface area (Å²) in [6, 6.07) is 15.8. The van der Waals surface area contributed by atoms with Gasteiger partial charge in [-0.2, -0.15) is 13.2 Å². The highest BCUT2D eigenvalue weighted by atomic mass is 19.4. The van der Waals surface area contributed by atoms with Gasteiger partial charge in [0.25, 0.3) is 0 Å². The molecule has 8 heteroatoms. The zero-order valence-electron chi connectivity index (χ0n) is 22.4. The molecular formula is C30H34F3NO4. The summed E-state index contributed by atoms with van der Waals surface area (Å²) in [5.41, 5.74) is 0.807. The second-order valence-electron chi connectivity index (χ2n) is 9.53. The third-order valence-corrected chi connectivity index (χ3v) is 5.99. The third kappa shape index (κ3) is 7.49. The van der Waals surface area contributed by atoms with Crippen LogP contribution in [0.25, 0.3) is 11.3 Å². The number of alkyl halides is 3. The SMILES string of the molecule is CCCCC(Oc1ccc(OC(C)(C)C(=O)OCC)c(C)c1)c1cccc(-c2ccc(C(F)(F)F)cc2)n1. The fourth-order valence-corrected chi connectivity index (χ4v) is 3.87. The van der Waals surface area contributed by atoms with Gasteiger partial charge in [0.1, 0.15) is 17.6 Å². The van der Waals surface area contributed by atoms with Crippen molar-refractivity contribution in [1.82, 2.24) is 4.98 Å². The van der Waals surface area contributed by atoms with Crippen LogP contribution in [0.2, 0.25) is 0 Å². The van der Waals surface area contributed by atoms with Crippen LogP contribution in [0, 0.1) is 6.92 Å². The number of halogens is 3. The number of aromatic nitrogens is 1. The van der Waals surface area contributed by atoms with E-state index in [2.05, 4.69) is 6.92 Å². The smallest absolute Gasteiger partial charge is 0.416 e. The highest BCUT2D eigenvalue weighted by molar-refractivity contribution is 5.79. The van der Waals surface area contributed by atoms with E-state index >= 15 is 0 Å². The Morgan fingerprint density at radius 1 is 1.00 bits per heavy atom. The van der Waals surface area contributed by atoms with Crippen molar-refractivity contribution < 1.29 is 32.2 Å². The lowest BCUT2D eigenvalue weighted by atomic mass is 10.1. The van der Waals surface area contributed by atoms with Crippen molar-refractivity contribution in [1.29, 1.82) is 0 Å². The fraction of sp³-hybridized carbons (Fsp3) is 0.400. The van der Waals surface area contributed by atoms with Crippen LogP contribution < -0.4 is 9.47 Å². The lowest BCUT2D eigenvalue weighted by molar-refractivity contribution is -0.158. The molecule has 0 saturated carbocycles. The molecule has 2 aromatic carbocycles. The molecule has 0 aliphatic rings. The van der Waals surface area contributed by atoms with Gasteiger partial charge in [-0.15, -0.1) is 0 Å². The molecule has 38 heavy (non-hydrogen) atoms. The zero-order chi connectivity index (χ0) is 27.9. The Bertz CT molecular complexity index is 1220. The minimum Gasteiger partial charge on any atom is -0.484 e. The molecule has 0 aliphatic carbocycles. The number of hydrogen-bond donors (Lipinski definition) is 0. The van der Waals surface area contributed by atoms with Crippen molar-refractivity contribution in [2.45, 2.75) is 71.8 Å². The van der Waals surface area contributed by atoms with Gasteiger partial charge in [0.05, 0.1) is 23.6 Å². The summed E-state index contributed by atoms with van der Waals surface area (Å²) in [6.45, 7) is 9.29. The van der Waals surface area contributed by atoms with E-state index in [0.29, 0.717) is 34.9 Å². The van der Waals surface area contributed by atoms with Gasteiger partial charge in [-0.1, -0.05) is 31.5 Å². The van der Waals surface area contributed by atoms with Crippen molar-refractivity contribution in [3.8, 4) is 22.8 Å². The van der Waals surface area contributed by atoms with E-state index in [1.54, 1.807) is 39.0 Å². The number of benzene rings is 2. The number of nitrogens with zero attached hydrogens (tertiary/aromatic N) is 1. The van der Waals surface area contributed by atoms with Crippen LogP contribution in [-0.2, 0) is 15.7 Å². The molecule has 0 bridgehead atoms. The number of hydrogen-bond acceptors (Lipinski definition) is 5. The topological polar surface area (TPSA) is 57.7 Å². The van der Waals surface area contributed by atoms with E-state index in [9.17, 15) is 18.0 Å². The molecule has 3 rings (SSSR count). The van der Waals surface area contributed by atoms with Gasteiger partial charge in [0.15, 0.2) is 5.60 Å². The summed E-state index contributed by atoms with van der Waals surface area (Å²) in [7, 11) is 0. The average Bonchev–Trinajstić information content (AvgIpc) is 2.88. The monoisotopic (exact) mass is 529 g/mol. The van der Waals surface area contributed by atoms with Crippen LogP contribution in [-0.4, -0.2) is 23.2 Å². The zero-order valence-corrected chi connectivity index (χ0v) is 22.4. The molecule has 1 aromatic heterocycles. The van der Waals surface area contributed by atoms with Crippen LogP contribution in [0.5, 0.6) is 11.5 Å². The quantitative estimate of drug-likeness (QED) is 0.235. The molecule has 1 atom stereocenters. The molecule has 0 aliphatic heterocycles. The Hall–Kier alpha value is -3.55. The second kappa shape index (κ2) is 12.3. The van der Waals surface area contributed by atoms with Gasteiger partial charge >= 0.3 is 12.1 Å². The van der Waals surface area contributed by atoms with E-state index < -0.39 is 23.3 Å². The van der Waals surface area contributed by atoms with Gasteiger partial charge in [-0.3, -0.25) is 0 Å². The number of esters is 1. The first kappa shape index (κ1) is 29.0. The van der Waals surface area contributed by atoms with Crippen LogP contribution in [0.15, 0.2) is 60.7 Å². The number of carbonyl (C=O) groups is 1. The minimum atomic E-state index is -4.39. The normalized spacial score (nSPS) is 12.6. The van der Waals surface area contributed by atoms with Crippen molar-refractivity contribution in [3.63, 3.8) is 0 Å². The number of carbonyl (C=O) groups excluding carboxylic acids is 1. The lowest BCUT2D eigenvalue weighted by Crippen LogP contribution is -2.39. The van der Waals surface area contributed by atoms with Gasteiger partial charge in [0, 0.05) is 5.56 Å². The van der Waals surface area contributed by atoms with E-state index in [-0.39, 0.29) is 12.7 Å². The summed E-state index contributed by atoms with van der Waals surface area (Å²) in [5.74, 6) is 0.716. The maximum absolute atomic E-state index is 13.0. The minimum absolute atomic E-state index is 0.268. The third-order valence-electron chi connectivity index (χ3n) is 5.99. The summed E-state index contributed by atoms with van der Waals surface area (Å²) in [6.07, 6.45) is -2.16. The number of pyridine rings is 1. The molecule has 1 heterocycles. The average molecular weight is 530 g/mol. The molecule has 0 fully saturated rings. The summed E-state index contributed by atoms with van der Waals surface area (Å²) < 4.78 is 56.3. The standard InChI is InChI=1S/C30H34F3NO4/c1-6-8-12-27(25-11-9-10-24(34-25)21-13-15-22(16-14-21)30(31,32)33)37-23-17-18-26(20(3)19-23)38-29(4,5)28(35)36-7-2/h9-11,13-19,27H,6-8,12H2,1-5H3. The molecule has 0 radical (unpaired) electrons. The van der Waals surface area contributed by atoms with Crippen LogP contribution in [0.1, 0.15) is 69.9 Å². The molecule has 5 nitrogen and oxygen atoms in total. The number of unbranched alkanes of at least 4 members (excludes halogenated alkanes) is 1. The van der Waals surface area contributed by atoms with Gasteiger partial charge in [-0.25, -0.2) is 9.78 Å². The highest BCUT2D eigenvalue weighted by Crippen LogP contribution is 2.33. The maximum Gasteiger partial charge on any atom is 0.416 e. The van der Waals surface area contributed by atoms with E-state index in [1.807, 2.05) is 25.1 Å². The molecule has 0 saturated heterocycles. The second-order valence-corrected chi connectivity index (χ2v) is 9.53. The summed E-state index contributed by atoms with van der Waals surface area (Å²) >= 11 is 0. The van der Waals surface area contributed by atoms with Crippen molar-refractivity contribution in [3.05, 3.63) is 77.5 Å². The van der Waals surface area contributed by atoms with E-state index in [1.165, 1.54) is 12.1 Å². The molecule has 0 N–H and O–H groups in total. The molecular weight excluding hydrogens is 495 g/mol. The van der Waals surface area contributed by atoms with Crippen molar-refractivity contribution >= 4 is 5.97 Å². The van der Waals surface area contributed by atoms with Crippen molar-refractivity contribution in [2.24, 2.45) is 0 Å². The Balaban J connectivity index is 1.82. The van der Waals surface area contributed by atoms with Crippen LogP contribution in [0.4, 0.5) is 13.2 Å². The number of ether oxygens (including phenoxy) is 3. The first-order chi connectivity index (χ1) is 17.9. The van der Waals surface area contributed by atoms with Crippen molar-refractivity contribution in [2.75, 3.05) is 6.61 Å². The predicted octanol–water partition coefficient (Wildman–Crippen LogP) is 8.11. The predicted molar refractivity (Wildman–Crippen MR) is 140 cm³/mol. The molecule has 0 amide bonds. The largest absolute Gasteiger partial charge is 0.484 e. The Labute approximate surface area is 222 Å². The lowest BCUT2D eigenvalue weighted by Gasteiger charge is -2.25. The molecule has 1 unspecified atom stereocenters. The fourth-order valence-electron chi connectivity index (χ4n) is 3.87. The van der Waals surface area contributed by atoms with Crippen LogP contribution in [0.3, 0.4) is 0 Å². The van der Waals surface area contributed by atoms with Gasteiger partial charge < -0.3 is 14.2 Å². The van der Waals surface area contributed by atoms with E-state index in [0.717, 1.165) is 30.5 Å². The highest BCUT2D eigenvalue weighted by Gasteiger charge is 2.32. The maximum atomic E-state index is 13.0. The number of rotatable bonds is 11. The first-order valence-corrected chi connectivity index (χ1v) is 12.7. The summed E-state index contributed by atoms with van der Waals surface area (Å²) in [5, 5.41) is 0. The summed E-state index contributed by atoms with van der Waals surface area (Å²) in [4.78, 5) is 16.9. The van der Waals surface area contributed by atoms with Gasteiger partial charge in [0.2, 0.25) is 0 Å². The van der Waals surface area contributed by atoms with E-state index in [4.69, 9.17) is 19.2 Å². The molecule has 204 valence electrons. The van der Waals surface area contributed by atoms with Gasteiger partial charge in [-0.05, 0) is 88.6 Å². The Morgan fingerprint density at radius 2 is 1.71 bits per heavy atom. The number of aryl methyl sites for hydroxylation is 1. The Morgan fingerprint density at radius 3 is 2.32 bits per heavy atom.